The molecule has 0 spiro atoms. The van der Waals surface area contributed by atoms with Crippen LogP contribution in [0.4, 0.5) is 0 Å². The molecular weight excluding hydrogens is 520 g/mol. The molecule has 0 saturated carbocycles. The van der Waals surface area contributed by atoms with Gasteiger partial charge in [0.1, 0.15) is 6.17 Å². The molecule has 256 valence electrons. The minimum Gasteiger partial charge on any atom is -0.356 e. The Bertz CT molecular complexity index is 558. The van der Waals surface area contributed by atoms with E-state index in [4.69, 9.17) is 0 Å². The van der Waals surface area contributed by atoms with Crippen LogP contribution in [0.3, 0.4) is 0 Å². The van der Waals surface area contributed by atoms with Crippen LogP contribution in [0.1, 0.15) is 233 Å². The molecule has 0 fully saturated rings. The maximum absolute atomic E-state index is 2.72. The van der Waals surface area contributed by atoms with Gasteiger partial charge in [-0.15, -0.1) is 0 Å². The normalized spacial score (nSPS) is 14.9. The van der Waals surface area contributed by atoms with E-state index < -0.39 is 0 Å². The molecule has 1 unspecified atom stereocenters. The fourth-order valence-corrected chi connectivity index (χ4v) is 7.07. The van der Waals surface area contributed by atoms with Crippen LogP contribution in [0.2, 0.25) is 0 Å². The highest BCUT2D eigenvalue weighted by atomic mass is 15.4. The first-order chi connectivity index (χ1) is 21.3. The first-order valence-electron chi connectivity index (χ1n) is 20.5. The van der Waals surface area contributed by atoms with Crippen molar-refractivity contribution in [3.8, 4) is 0 Å². The van der Waals surface area contributed by atoms with Crippen molar-refractivity contribution in [3.05, 3.63) is 12.4 Å². The Balaban J connectivity index is 2.17. The molecule has 43 heavy (non-hydrogen) atoms. The monoisotopic (exact) mass is 603 g/mol. The van der Waals surface area contributed by atoms with E-state index in [2.05, 4.69) is 43.0 Å². The highest BCUT2D eigenvalue weighted by Crippen LogP contribution is 2.24. The quantitative estimate of drug-likeness (QED) is 0.0666. The maximum Gasteiger partial charge on any atom is 0.101 e. The lowest BCUT2D eigenvalue weighted by atomic mass is 10.0. The molecule has 0 bridgehead atoms. The molecule has 1 heterocycles. The van der Waals surface area contributed by atoms with Crippen molar-refractivity contribution in [2.75, 3.05) is 13.1 Å². The smallest absolute Gasteiger partial charge is 0.101 e. The molecule has 2 nitrogen and oxygen atoms in total. The standard InChI is InChI=1S/C41H82N2/c1-4-7-10-13-16-18-20-21-22-24-26-29-32-35-38-43-40-39-42(41(43)36-33-30-27-15-12-9-6-3)37-34-31-28-25-23-19-17-14-11-8-5-2/h39-41H,4-38H2,1-3H3. The van der Waals surface area contributed by atoms with E-state index in [9.17, 15) is 0 Å². The summed E-state index contributed by atoms with van der Waals surface area (Å²) >= 11 is 0. The minimum atomic E-state index is 0.640. The summed E-state index contributed by atoms with van der Waals surface area (Å²) in [5.41, 5.74) is 0. The zero-order valence-electron chi connectivity index (χ0n) is 30.4. The number of unbranched alkanes of at least 4 members (excludes halogenated alkanes) is 29. The van der Waals surface area contributed by atoms with E-state index >= 15 is 0 Å². The Morgan fingerprint density at radius 2 is 0.535 bits per heavy atom. The van der Waals surface area contributed by atoms with Crippen molar-refractivity contribution in [2.45, 2.75) is 239 Å². The summed E-state index contributed by atoms with van der Waals surface area (Å²) in [6.07, 6.45) is 52.9. The Hall–Kier alpha value is -0.660. The molecule has 0 amide bonds. The first-order valence-corrected chi connectivity index (χ1v) is 20.5. The van der Waals surface area contributed by atoms with Crippen LogP contribution in [-0.4, -0.2) is 29.1 Å². The van der Waals surface area contributed by atoms with Gasteiger partial charge in [0.05, 0.1) is 0 Å². The number of hydrogen-bond acceptors (Lipinski definition) is 2. The van der Waals surface area contributed by atoms with E-state index in [1.165, 1.54) is 225 Å². The maximum atomic E-state index is 2.72. The van der Waals surface area contributed by atoms with Crippen LogP contribution in [0.15, 0.2) is 12.4 Å². The third kappa shape index (κ3) is 25.2. The average Bonchev–Trinajstić information content (AvgIpc) is 3.40. The third-order valence-corrected chi connectivity index (χ3v) is 10.1. The predicted molar refractivity (Wildman–Crippen MR) is 196 cm³/mol. The van der Waals surface area contributed by atoms with Gasteiger partial charge in [0.15, 0.2) is 0 Å². The van der Waals surface area contributed by atoms with Crippen molar-refractivity contribution < 1.29 is 0 Å². The average molecular weight is 603 g/mol. The molecule has 0 saturated heterocycles. The Morgan fingerprint density at radius 1 is 0.302 bits per heavy atom. The van der Waals surface area contributed by atoms with Crippen molar-refractivity contribution in [3.63, 3.8) is 0 Å². The summed E-state index contributed by atoms with van der Waals surface area (Å²) in [7, 11) is 0. The Labute approximate surface area is 273 Å². The first kappa shape index (κ1) is 40.4. The molecule has 1 rings (SSSR count). The second-order valence-corrected chi connectivity index (χ2v) is 14.3. The highest BCUT2D eigenvalue weighted by molar-refractivity contribution is 4.97. The summed E-state index contributed by atoms with van der Waals surface area (Å²) in [4.78, 5) is 5.44. The van der Waals surface area contributed by atoms with Crippen LogP contribution in [0.25, 0.3) is 0 Å². The van der Waals surface area contributed by atoms with Crippen LogP contribution < -0.4 is 0 Å². The largest absolute Gasteiger partial charge is 0.356 e. The van der Waals surface area contributed by atoms with Gasteiger partial charge < -0.3 is 9.80 Å². The van der Waals surface area contributed by atoms with Gasteiger partial charge in [-0.2, -0.15) is 0 Å². The molecular formula is C41H82N2. The van der Waals surface area contributed by atoms with Gasteiger partial charge in [0, 0.05) is 25.5 Å². The van der Waals surface area contributed by atoms with Crippen molar-refractivity contribution in [1.29, 1.82) is 0 Å². The number of rotatable bonds is 35. The fraction of sp³-hybridized carbons (Fsp3) is 0.951. The lowest BCUT2D eigenvalue weighted by Gasteiger charge is -2.33. The predicted octanol–water partition coefficient (Wildman–Crippen LogP) is 14.3. The van der Waals surface area contributed by atoms with E-state index in [1.54, 1.807) is 0 Å². The van der Waals surface area contributed by atoms with Crippen molar-refractivity contribution in [2.24, 2.45) is 0 Å². The van der Waals surface area contributed by atoms with Gasteiger partial charge in [-0.3, -0.25) is 0 Å². The van der Waals surface area contributed by atoms with Gasteiger partial charge in [0.25, 0.3) is 0 Å². The van der Waals surface area contributed by atoms with Crippen molar-refractivity contribution in [1.82, 2.24) is 9.80 Å². The molecule has 0 radical (unpaired) electrons. The lowest BCUT2D eigenvalue weighted by Crippen LogP contribution is -2.39. The van der Waals surface area contributed by atoms with E-state index in [0.29, 0.717) is 6.17 Å². The summed E-state index contributed by atoms with van der Waals surface area (Å²) in [5, 5.41) is 0. The highest BCUT2D eigenvalue weighted by Gasteiger charge is 2.24. The minimum absolute atomic E-state index is 0.640. The SMILES string of the molecule is CCCCCCCCCCCCCCCCN1C=CN(CCCCCCCCCCCCC)C1CCCCCCCCC. The molecule has 1 atom stereocenters. The zero-order valence-corrected chi connectivity index (χ0v) is 30.4. The Morgan fingerprint density at radius 3 is 0.814 bits per heavy atom. The molecule has 1 aliphatic heterocycles. The summed E-state index contributed by atoms with van der Waals surface area (Å²) < 4.78 is 0. The molecule has 0 aliphatic carbocycles. The third-order valence-electron chi connectivity index (χ3n) is 10.1. The topological polar surface area (TPSA) is 6.48 Å². The summed E-state index contributed by atoms with van der Waals surface area (Å²) in [5.74, 6) is 0. The van der Waals surface area contributed by atoms with E-state index in [1.807, 2.05) is 0 Å². The second-order valence-electron chi connectivity index (χ2n) is 14.3. The van der Waals surface area contributed by atoms with Crippen LogP contribution in [-0.2, 0) is 0 Å². The fourth-order valence-electron chi connectivity index (χ4n) is 7.07. The van der Waals surface area contributed by atoms with Crippen LogP contribution in [0, 0.1) is 0 Å². The molecule has 0 N–H and O–H groups in total. The zero-order chi connectivity index (χ0) is 30.9. The van der Waals surface area contributed by atoms with E-state index in [0.717, 1.165) is 0 Å². The van der Waals surface area contributed by atoms with Gasteiger partial charge in [-0.25, -0.2) is 0 Å². The van der Waals surface area contributed by atoms with Crippen LogP contribution in [0.5, 0.6) is 0 Å². The van der Waals surface area contributed by atoms with E-state index in [-0.39, 0.29) is 0 Å². The second kappa shape index (κ2) is 32.7. The molecule has 0 aromatic rings. The molecule has 2 heteroatoms. The molecule has 0 aromatic carbocycles. The molecule has 1 aliphatic rings. The van der Waals surface area contributed by atoms with Gasteiger partial charge in [-0.1, -0.05) is 207 Å². The van der Waals surface area contributed by atoms with Gasteiger partial charge in [-0.05, 0) is 25.7 Å². The lowest BCUT2D eigenvalue weighted by molar-refractivity contribution is 0.135. The van der Waals surface area contributed by atoms with Crippen LogP contribution >= 0.6 is 0 Å². The number of hydrogen-bond donors (Lipinski definition) is 0. The van der Waals surface area contributed by atoms with Gasteiger partial charge in [0.2, 0.25) is 0 Å². The summed E-state index contributed by atoms with van der Waals surface area (Å²) in [6.45, 7) is 9.49. The summed E-state index contributed by atoms with van der Waals surface area (Å²) in [6, 6.07) is 0. The number of nitrogens with zero attached hydrogens (tertiary/aromatic N) is 2. The van der Waals surface area contributed by atoms with Gasteiger partial charge >= 0.3 is 0 Å². The Kier molecular flexibility index (Phi) is 30.7. The molecule has 0 aromatic heterocycles. The van der Waals surface area contributed by atoms with Crippen molar-refractivity contribution >= 4 is 0 Å².